The minimum absolute atomic E-state index is 0.0700. The van der Waals surface area contributed by atoms with Gasteiger partial charge in [0.15, 0.2) is 11.5 Å². The summed E-state index contributed by atoms with van der Waals surface area (Å²) in [5.74, 6) is 1.12. The predicted octanol–water partition coefficient (Wildman–Crippen LogP) is 2.92. The molecule has 7 heteroatoms. The largest absolute Gasteiger partial charge is 0.493 e. The van der Waals surface area contributed by atoms with E-state index in [0.717, 1.165) is 11.3 Å². The van der Waals surface area contributed by atoms with Crippen molar-refractivity contribution in [1.29, 1.82) is 0 Å². The first-order chi connectivity index (χ1) is 13.6. The molecule has 1 N–H and O–H groups in total. The number of carbonyl (C=O) groups is 1. The Morgan fingerprint density at radius 2 is 1.79 bits per heavy atom. The van der Waals surface area contributed by atoms with E-state index < -0.39 is 0 Å². The summed E-state index contributed by atoms with van der Waals surface area (Å²) in [5, 5.41) is 2.97. The molecule has 2 aromatic rings. The fourth-order valence-corrected chi connectivity index (χ4v) is 3.30. The summed E-state index contributed by atoms with van der Waals surface area (Å²) in [7, 11) is 3.21. The summed E-state index contributed by atoms with van der Waals surface area (Å²) in [5.41, 5.74) is 1.92. The minimum Gasteiger partial charge on any atom is -0.493 e. The molecule has 0 saturated carbocycles. The molecule has 0 bridgehead atoms. The Bertz CT molecular complexity index is 807. The molecule has 1 aliphatic rings. The molecule has 1 saturated heterocycles. The number of carbonyl (C=O) groups excluding carboxylic acids is 1. The third-order valence-corrected chi connectivity index (χ3v) is 4.88. The van der Waals surface area contributed by atoms with Crippen LogP contribution >= 0.6 is 0 Å². The van der Waals surface area contributed by atoms with Gasteiger partial charge in [-0.15, -0.1) is 0 Å². The van der Waals surface area contributed by atoms with Gasteiger partial charge in [-0.25, -0.2) is 9.18 Å². The van der Waals surface area contributed by atoms with E-state index in [4.69, 9.17) is 9.47 Å². The first kappa shape index (κ1) is 19.8. The van der Waals surface area contributed by atoms with E-state index in [9.17, 15) is 9.18 Å². The number of urea groups is 1. The number of ether oxygens (including phenoxy) is 2. The fourth-order valence-electron chi connectivity index (χ4n) is 3.30. The molecule has 1 fully saturated rings. The van der Waals surface area contributed by atoms with E-state index in [0.29, 0.717) is 50.6 Å². The van der Waals surface area contributed by atoms with Gasteiger partial charge >= 0.3 is 6.03 Å². The Kier molecular flexibility index (Phi) is 6.57. The van der Waals surface area contributed by atoms with Crippen LogP contribution in [-0.2, 0) is 6.42 Å². The first-order valence-corrected chi connectivity index (χ1v) is 9.35. The number of benzene rings is 2. The van der Waals surface area contributed by atoms with Crippen LogP contribution in [0.15, 0.2) is 42.5 Å². The van der Waals surface area contributed by atoms with Crippen LogP contribution in [0.25, 0.3) is 0 Å². The van der Waals surface area contributed by atoms with Crippen molar-refractivity contribution in [2.24, 2.45) is 0 Å². The number of amides is 2. The highest BCUT2D eigenvalue weighted by Gasteiger charge is 2.21. The van der Waals surface area contributed by atoms with E-state index in [1.54, 1.807) is 25.2 Å². The zero-order chi connectivity index (χ0) is 19.9. The lowest BCUT2D eigenvalue weighted by Gasteiger charge is -2.36. The second-order valence-electron chi connectivity index (χ2n) is 6.63. The van der Waals surface area contributed by atoms with Crippen LogP contribution < -0.4 is 19.7 Å². The molecule has 6 nitrogen and oxygen atoms in total. The minimum atomic E-state index is -0.243. The maximum Gasteiger partial charge on any atom is 0.317 e. The summed E-state index contributed by atoms with van der Waals surface area (Å²) in [4.78, 5) is 16.3. The van der Waals surface area contributed by atoms with Gasteiger partial charge in [0.1, 0.15) is 5.82 Å². The molecular weight excluding hydrogens is 361 g/mol. The first-order valence-electron chi connectivity index (χ1n) is 9.35. The highest BCUT2D eigenvalue weighted by molar-refractivity contribution is 5.74. The van der Waals surface area contributed by atoms with E-state index in [2.05, 4.69) is 10.2 Å². The van der Waals surface area contributed by atoms with Gasteiger partial charge in [0, 0.05) is 38.4 Å². The summed E-state index contributed by atoms with van der Waals surface area (Å²) >= 11 is 0. The summed E-state index contributed by atoms with van der Waals surface area (Å²) < 4.78 is 23.9. The van der Waals surface area contributed by atoms with Gasteiger partial charge in [-0.05, 0) is 42.3 Å². The van der Waals surface area contributed by atoms with Crippen molar-refractivity contribution >= 4 is 11.7 Å². The molecule has 0 unspecified atom stereocenters. The summed E-state index contributed by atoms with van der Waals surface area (Å²) in [6.45, 7) is 3.13. The topological polar surface area (TPSA) is 54.0 Å². The summed E-state index contributed by atoms with van der Waals surface area (Å²) in [6, 6.07) is 12.2. The third-order valence-electron chi connectivity index (χ3n) is 4.88. The Morgan fingerprint density at radius 1 is 1.04 bits per heavy atom. The second kappa shape index (κ2) is 9.30. The zero-order valence-corrected chi connectivity index (χ0v) is 16.3. The predicted molar refractivity (Wildman–Crippen MR) is 107 cm³/mol. The summed E-state index contributed by atoms with van der Waals surface area (Å²) in [6.07, 6.45) is 0.704. The lowest BCUT2D eigenvalue weighted by atomic mass is 10.1. The van der Waals surface area contributed by atoms with Crippen LogP contribution in [0.5, 0.6) is 11.5 Å². The van der Waals surface area contributed by atoms with Crippen LogP contribution in [-0.4, -0.2) is 57.9 Å². The lowest BCUT2D eigenvalue weighted by molar-refractivity contribution is 0.194. The Labute approximate surface area is 164 Å². The molecule has 2 aromatic carbocycles. The highest BCUT2D eigenvalue weighted by Crippen LogP contribution is 2.27. The molecule has 0 aromatic heterocycles. The van der Waals surface area contributed by atoms with Crippen molar-refractivity contribution in [3.05, 3.63) is 53.8 Å². The van der Waals surface area contributed by atoms with Crippen LogP contribution in [0, 0.1) is 5.82 Å². The van der Waals surface area contributed by atoms with Gasteiger partial charge in [0.05, 0.1) is 14.2 Å². The molecule has 0 atom stereocenters. The second-order valence-corrected chi connectivity index (χ2v) is 6.63. The molecule has 2 amide bonds. The van der Waals surface area contributed by atoms with Crippen molar-refractivity contribution in [3.8, 4) is 11.5 Å². The standard InChI is InChI=1S/C21H26FN3O3/c1-27-19-7-6-16(14-20(19)28-2)8-9-23-21(26)25-12-10-24(11-13-25)18-5-3-4-17(22)15-18/h3-7,14-15H,8-13H2,1-2H3,(H,23,26). The van der Waals surface area contributed by atoms with Crippen LogP contribution in [0.1, 0.15) is 5.56 Å². The molecule has 0 radical (unpaired) electrons. The SMILES string of the molecule is COc1ccc(CCNC(=O)N2CCN(c3cccc(F)c3)CC2)cc1OC. The van der Waals surface area contributed by atoms with Gasteiger partial charge in [0.25, 0.3) is 0 Å². The number of piperazine rings is 1. The fraction of sp³-hybridized carbons (Fsp3) is 0.381. The quantitative estimate of drug-likeness (QED) is 0.828. The van der Waals surface area contributed by atoms with Crippen LogP contribution in [0.2, 0.25) is 0 Å². The molecule has 1 aliphatic heterocycles. The zero-order valence-electron chi connectivity index (χ0n) is 16.3. The molecule has 1 heterocycles. The number of hydrogen-bond donors (Lipinski definition) is 1. The van der Waals surface area contributed by atoms with Gasteiger partial charge in [-0.1, -0.05) is 12.1 Å². The van der Waals surface area contributed by atoms with Gasteiger partial charge < -0.3 is 24.6 Å². The number of methoxy groups -OCH3 is 2. The maximum absolute atomic E-state index is 13.4. The average Bonchev–Trinajstić information content (AvgIpc) is 2.73. The number of halogens is 1. The number of hydrogen-bond acceptors (Lipinski definition) is 4. The number of nitrogens with zero attached hydrogens (tertiary/aromatic N) is 2. The van der Waals surface area contributed by atoms with Gasteiger partial charge in [-0.3, -0.25) is 0 Å². The van der Waals surface area contributed by atoms with Crippen LogP contribution in [0.3, 0.4) is 0 Å². The van der Waals surface area contributed by atoms with Gasteiger partial charge in [-0.2, -0.15) is 0 Å². The number of rotatable bonds is 6. The molecule has 3 rings (SSSR count). The highest BCUT2D eigenvalue weighted by atomic mass is 19.1. The monoisotopic (exact) mass is 387 g/mol. The maximum atomic E-state index is 13.4. The van der Waals surface area contributed by atoms with Crippen molar-refractivity contribution in [1.82, 2.24) is 10.2 Å². The Hall–Kier alpha value is -2.96. The molecule has 0 spiro atoms. The lowest BCUT2D eigenvalue weighted by Crippen LogP contribution is -2.52. The van der Waals surface area contributed by atoms with Crippen molar-refractivity contribution in [3.63, 3.8) is 0 Å². The van der Waals surface area contributed by atoms with E-state index in [-0.39, 0.29) is 11.8 Å². The number of nitrogens with one attached hydrogen (secondary N) is 1. The third kappa shape index (κ3) is 4.85. The van der Waals surface area contributed by atoms with Crippen molar-refractivity contribution < 1.29 is 18.7 Å². The van der Waals surface area contributed by atoms with Crippen molar-refractivity contribution in [2.75, 3.05) is 51.8 Å². The molecule has 150 valence electrons. The van der Waals surface area contributed by atoms with Gasteiger partial charge in [0.2, 0.25) is 0 Å². The molecule has 28 heavy (non-hydrogen) atoms. The smallest absolute Gasteiger partial charge is 0.317 e. The van der Waals surface area contributed by atoms with E-state index in [1.807, 2.05) is 24.3 Å². The Morgan fingerprint density at radius 3 is 2.46 bits per heavy atom. The molecule has 0 aliphatic carbocycles. The average molecular weight is 387 g/mol. The van der Waals surface area contributed by atoms with E-state index in [1.165, 1.54) is 12.1 Å². The number of anilines is 1. The van der Waals surface area contributed by atoms with Crippen LogP contribution in [0.4, 0.5) is 14.9 Å². The van der Waals surface area contributed by atoms with E-state index >= 15 is 0 Å². The normalized spacial score (nSPS) is 14.0. The molecular formula is C21H26FN3O3. The Balaban J connectivity index is 1.45. The van der Waals surface area contributed by atoms with Crippen molar-refractivity contribution in [2.45, 2.75) is 6.42 Å².